The molecule has 1 aromatic rings. The van der Waals surface area contributed by atoms with E-state index >= 15 is 0 Å². The van der Waals surface area contributed by atoms with Crippen LogP contribution in [0.5, 0.6) is 6.01 Å². The van der Waals surface area contributed by atoms with Crippen LogP contribution in [0.15, 0.2) is 0 Å². The first-order valence-electron chi connectivity index (χ1n) is 4.56. The van der Waals surface area contributed by atoms with Gasteiger partial charge in [-0.1, -0.05) is 0 Å². The molecule has 0 unspecified atom stereocenters. The van der Waals surface area contributed by atoms with Gasteiger partial charge in [-0.2, -0.15) is 15.0 Å². The van der Waals surface area contributed by atoms with Gasteiger partial charge in [-0.15, -0.1) is 0 Å². The Hall–Kier alpha value is -1.63. The molecule has 2 N–H and O–H groups in total. The largest absolute Gasteiger partial charge is 0.464 e. The molecule has 1 amide bonds. The third-order valence-electron chi connectivity index (χ3n) is 1.58. The molecule has 0 aliphatic heterocycles. The highest BCUT2D eigenvalue weighted by molar-refractivity contribution is 6.28. The van der Waals surface area contributed by atoms with E-state index in [0.29, 0.717) is 6.61 Å². The van der Waals surface area contributed by atoms with Crippen LogP contribution in [0.3, 0.4) is 0 Å². The third kappa shape index (κ3) is 3.50. The molecule has 0 aliphatic rings. The van der Waals surface area contributed by atoms with Crippen LogP contribution >= 0.6 is 11.6 Å². The van der Waals surface area contributed by atoms with Crippen LogP contribution in [0.1, 0.15) is 6.92 Å². The zero-order chi connectivity index (χ0) is 12.1. The minimum atomic E-state index is -0.489. The molecule has 0 bridgehead atoms. The molecular formula is C8H12ClN5O2. The van der Waals surface area contributed by atoms with Gasteiger partial charge in [-0.3, -0.25) is 4.79 Å². The van der Waals surface area contributed by atoms with Gasteiger partial charge < -0.3 is 15.4 Å². The minimum absolute atomic E-state index is 0.00442. The number of halogens is 1. The number of hydrogen-bond acceptors (Lipinski definition) is 6. The molecule has 0 aromatic carbocycles. The molecule has 16 heavy (non-hydrogen) atoms. The van der Waals surface area contributed by atoms with Crippen LogP contribution in [0.4, 0.5) is 5.95 Å². The Morgan fingerprint density at radius 1 is 1.50 bits per heavy atom. The van der Waals surface area contributed by atoms with E-state index in [4.69, 9.17) is 22.1 Å². The zero-order valence-corrected chi connectivity index (χ0v) is 9.73. The Kier molecular flexibility index (Phi) is 4.24. The van der Waals surface area contributed by atoms with E-state index in [1.165, 1.54) is 4.90 Å². The van der Waals surface area contributed by atoms with Gasteiger partial charge >= 0.3 is 6.01 Å². The fraction of sp³-hybridized carbons (Fsp3) is 0.500. The number of anilines is 1. The smallest absolute Gasteiger partial charge is 0.322 e. The maximum Gasteiger partial charge on any atom is 0.322 e. The van der Waals surface area contributed by atoms with E-state index in [2.05, 4.69) is 15.0 Å². The van der Waals surface area contributed by atoms with Crippen LogP contribution in [-0.2, 0) is 4.79 Å². The summed E-state index contributed by atoms with van der Waals surface area (Å²) >= 11 is 5.68. The Bertz CT molecular complexity index is 387. The topological polar surface area (TPSA) is 94.2 Å². The Morgan fingerprint density at radius 2 is 2.19 bits per heavy atom. The van der Waals surface area contributed by atoms with Crippen LogP contribution in [-0.4, -0.2) is 41.1 Å². The van der Waals surface area contributed by atoms with Crippen LogP contribution in [0, 0.1) is 0 Å². The lowest BCUT2D eigenvalue weighted by molar-refractivity contribution is -0.116. The highest BCUT2D eigenvalue weighted by Crippen LogP contribution is 2.13. The van der Waals surface area contributed by atoms with Crippen molar-refractivity contribution in [1.29, 1.82) is 0 Å². The van der Waals surface area contributed by atoms with E-state index in [1.54, 1.807) is 14.0 Å². The van der Waals surface area contributed by atoms with Crippen molar-refractivity contribution in [1.82, 2.24) is 15.0 Å². The quantitative estimate of drug-likeness (QED) is 0.775. The predicted molar refractivity (Wildman–Crippen MR) is 58.5 cm³/mol. The van der Waals surface area contributed by atoms with Crippen molar-refractivity contribution in [3.05, 3.63) is 5.28 Å². The number of rotatable bonds is 5. The summed E-state index contributed by atoms with van der Waals surface area (Å²) in [5, 5.41) is 0.00442. The first kappa shape index (κ1) is 12.4. The van der Waals surface area contributed by atoms with E-state index in [-0.39, 0.29) is 23.8 Å². The lowest BCUT2D eigenvalue weighted by Crippen LogP contribution is -2.31. The van der Waals surface area contributed by atoms with Crippen molar-refractivity contribution in [2.45, 2.75) is 6.92 Å². The summed E-state index contributed by atoms with van der Waals surface area (Å²) < 4.78 is 5.09. The SMILES string of the molecule is CCOc1nc(Cl)nc(N(C)CC(N)=O)n1. The van der Waals surface area contributed by atoms with Gasteiger partial charge in [-0.25, -0.2) is 0 Å². The number of nitrogens with zero attached hydrogens (tertiary/aromatic N) is 4. The van der Waals surface area contributed by atoms with Gasteiger partial charge in [0.15, 0.2) is 0 Å². The molecule has 88 valence electrons. The molecule has 7 nitrogen and oxygen atoms in total. The number of likely N-dealkylation sites (N-methyl/N-ethyl adjacent to an activating group) is 1. The molecule has 1 heterocycles. The van der Waals surface area contributed by atoms with E-state index in [0.717, 1.165) is 0 Å². The maximum atomic E-state index is 10.7. The molecule has 0 radical (unpaired) electrons. The summed E-state index contributed by atoms with van der Waals surface area (Å²) in [6.45, 7) is 2.20. The Balaban J connectivity index is 2.90. The zero-order valence-electron chi connectivity index (χ0n) is 8.97. The second kappa shape index (κ2) is 5.45. The number of ether oxygens (including phenoxy) is 1. The molecule has 0 atom stereocenters. The Morgan fingerprint density at radius 3 is 2.75 bits per heavy atom. The van der Waals surface area contributed by atoms with Crippen molar-refractivity contribution < 1.29 is 9.53 Å². The summed E-state index contributed by atoms with van der Waals surface area (Å²) in [7, 11) is 1.62. The van der Waals surface area contributed by atoms with Gasteiger partial charge in [-0.05, 0) is 18.5 Å². The van der Waals surface area contributed by atoms with E-state index in [1.807, 2.05) is 0 Å². The van der Waals surface area contributed by atoms with Gasteiger partial charge in [0.2, 0.25) is 17.1 Å². The van der Waals surface area contributed by atoms with Crippen molar-refractivity contribution in [3.8, 4) is 6.01 Å². The highest BCUT2D eigenvalue weighted by Gasteiger charge is 2.11. The summed E-state index contributed by atoms with van der Waals surface area (Å²) in [5.74, 6) is -0.251. The standard InChI is InChI=1S/C8H12ClN5O2/c1-3-16-8-12-6(9)11-7(13-8)14(2)4-5(10)15/h3-4H2,1-2H3,(H2,10,15). The molecule has 0 aliphatic carbocycles. The molecule has 0 fully saturated rings. The van der Waals surface area contributed by atoms with Crippen molar-refractivity contribution >= 4 is 23.5 Å². The summed E-state index contributed by atoms with van der Waals surface area (Å²) in [5.41, 5.74) is 5.05. The molecular weight excluding hydrogens is 234 g/mol. The number of amides is 1. The van der Waals surface area contributed by atoms with Crippen LogP contribution in [0.2, 0.25) is 5.28 Å². The highest BCUT2D eigenvalue weighted by atomic mass is 35.5. The van der Waals surface area contributed by atoms with E-state index in [9.17, 15) is 4.79 Å². The number of hydrogen-bond donors (Lipinski definition) is 1. The molecule has 0 saturated heterocycles. The van der Waals surface area contributed by atoms with Crippen molar-refractivity contribution in [2.75, 3.05) is 25.1 Å². The lowest BCUT2D eigenvalue weighted by Gasteiger charge is -2.14. The monoisotopic (exact) mass is 245 g/mol. The first-order chi connectivity index (χ1) is 7.52. The third-order valence-corrected chi connectivity index (χ3v) is 1.75. The molecule has 0 saturated carbocycles. The summed E-state index contributed by atoms with van der Waals surface area (Å²) in [6.07, 6.45) is 0. The predicted octanol–water partition coefficient (Wildman–Crippen LogP) is -0.155. The van der Waals surface area contributed by atoms with Gasteiger partial charge in [0.1, 0.15) is 0 Å². The van der Waals surface area contributed by atoms with Gasteiger partial charge in [0.25, 0.3) is 0 Å². The molecule has 1 aromatic heterocycles. The maximum absolute atomic E-state index is 10.7. The normalized spacial score (nSPS) is 9.94. The van der Waals surface area contributed by atoms with Crippen LogP contribution in [0.25, 0.3) is 0 Å². The first-order valence-corrected chi connectivity index (χ1v) is 4.94. The summed E-state index contributed by atoms with van der Waals surface area (Å²) in [6, 6.07) is 0.119. The minimum Gasteiger partial charge on any atom is -0.464 e. The fourth-order valence-corrected chi connectivity index (χ4v) is 1.14. The number of nitrogens with two attached hydrogens (primary N) is 1. The number of aromatic nitrogens is 3. The number of primary amides is 1. The average molecular weight is 246 g/mol. The van der Waals surface area contributed by atoms with Crippen molar-refractivity contribution in [3.63, 3.8) is 0 Å². The lowest BCUT2D eigenvalue weighted by atomic mass is 10.5. The fourth-order valence-electron chi connectivity index (χ4n) is 0.991. The van der Waals surface area contributed by atoms with Gasteiger partial charge in [0, 0.05) is 7.05 Å². The second-order valence-electron chi connectivity index (χ2n) is 2.94. The summed E-state index contributed by atoms with van der Waals surface area (Å²) in [4.78, 5) is 23.8. The molecule has 8 heteroatoms. The molecule has 0 spiro atoms. The molecule has 1 rings (SSSR count). The van der Waals surface area contributed by atoms with Crippen molar-refractivity contribution in [2.24, 2.45) is 5.73 Å². The Labute approximate surface area is 97.6 Å². The van der Waals surface area contributed by atoms with Crippen LogP contribution < -0.4 is 15.4 Å². The number of carbonyl (C=O) groups is 1. The average Bonchev–Trinajstić information content (AvgIpc) is 2.16. The second-order valence-corrected chi connectivity index (χ2v) is 3.28. The van der Waals surface area contributed by atoms with E-state index < -0.39 is 5.91 Å². The number of carbonyl (C=O) groups excluding carboxylic acids is 1. The van der Waals surface area contributed by atoms with Gasteiger partial charge in [0.05, 0.1) is 13.2 Å².